The van der Waals surface area contributed by atoms with Gasteiger partial charge in [-0.1, -0.05) is 0 Å². The number of sulfonamides is 1. The molecule has 0 amide bonds. The highest BCUT2D eigenvalue weighted by Crippen LogP contribution is 2.38. The molecule has 0 spiro atoms. The lowest BCUT2D eigenvalue weighted by Crippen LogP contribution is -2.58. The Morgan fingerprint density at radius 3 is 2.48 bits per heavy atom. The summed E-state index contributed by atoms with van der Waals surface area (Å²) in [6.07, 6.45) is 5.56. The van der Waals surface area contributed by atoms with Crippen LogP contribution in [0.5, 0.6) is 0 Å². The Bertz CT molecular complexity index is 1950. The Morgan fingerprint density at radius 1 is 1.18 bits per heavy atom. The average molecular weight is 613 g/mol. The standard InChI is InChI=1S/C21H28N10O6S3/c1-20(33,14-7-10-31(25-14)40(36,37)28(4)5)19-24-17-16(38-19)13-11-23-30(18(32)15(13)29(17)6)12-21(8-9-22-26-21)39(34,35)27(2)3/h7-11,22,26,33H,12H2,1-6H3. The Hall–Kier alpha value is -3.20. The zero-order chi connectivity index (χ0) is 29.4. The minimum atomic E-state index is -3.91. The quantitative estimate of drug-likeness (QED) is 0.214. The highest BCUT2D eigenvalue weighted by atomic mass is 32.2. The predicted octanol–water partition coefficient (Wildman–Crippen LogP) is -1.34. The van der Waals surface area contributed by atoms with E-state index in [2.05, 4.69) is 26.0 Å². The first-order valence-electron chi connectivity index (χ1n) is 11.7. The molecule has 5 rings (SSSR count). The Labute approximate surface area is 233 Å². The van der Waals surface area contributed by atoms with Crippen LogP contribution in [0.1, 0.15) is 17.6 Å². The fraction of sp³-hybridized carbons (Fsp3) is 0.429. The molecule has 0 saturated carbocycles. The molecule has 40 heavy (non-hydrogen) atoms. The summed E-state index contributed by atoms with van der Waals surface area (Å²) in [6, 6.07) is 1.39. The van der Waals surface area contributed by atoms with Crippen LogP contribution in [0, 0.1) is 0 Å². The first kappa shape index (κ1) is 28.3. The van der Waals surface area contributed by atoms with Crippen molar-refractivity contribution in [2.45, 2.75) is 23.9 Å². The van der Waals surface area contributed by atoms with Gasteiger partial charge in [0.05, 0.1) is 17.4 Å². The molecule has 3 N–H and O–H groups in total. The normalized spacial score (nSPS) is 19.7. The van der Waals surface area contributed by atoms with Gasteiger partial charge in [0, 0.05) is 53.0 Å². The monoisotopic (exact) mass is 612 g/mol. The van der Waals surface area contributed by atoms with Gasteiger partial charge in [0.1, 0.15) is 16.2 Å². The molecule has 0 fully saturated rings. The summed E-state index contributed by atoms with van der Waals surface area (Å²) in [4.78, 5) is 16.5. The second kappa shape index (κ2) is 9.16. The number of rotatable bonds is 8. The van der Waals surface area contributed by atoms with Gasteiger partial charge in [0.25, 0.3) is 5.56 Å². The van der Waals surface area contributed by atoms with Crippen LogP contribution in [-0.2, 0) is 39.4 Å². The van der Waals surface area contributed by atoms with Gasteiger partial charge < -0.3 is 15.1 Å². The molecule has 19 heteroatoms. The van der Waals surface area contributed by atoms with Crippen molar-refractivity contribution in [1.29, 1.82) is 0 Å². The fourth-order valence-corrected chi connectivity index (χ4v) is 7.60. The van der Waals surface area contributed by atoms with Crippen molar-refractivity contribution in [3.05, 3.63) is 51.8 Å². The van der Waals surface area contributed by atoms with Gasteiger partial charge in [0.2, 0.25) is 10.0 Å². The maximum absolute atomic E-state index is 13.6. The molecule has 0 aliphatic carbocycles. The highest BCUT2D eigenvalue weighted by molar-refractivity contribution is 7.90. The molecule has 4 aromatic heterocycles. The molecule has 1 aliphatic heterocycles. The van der Waals surface area contributed by atoms with Crippen molar-refractivity contribution in [2.24, 2.45) is 7.05 Å². The number of aryl methyl sites for hydroxylation is 1. The number of thiazole rings is 1. The summed E-state index contributed by atoms with van der Waals surface area (Å²) in [5.41, 5.74) is 3.84. The van der Waals surface area contributed by atoms with E-state index in [-0.39, 0.29) is 22.8 Å². The van der Waals surface area contributed by atoms with Crippen molar-refractivity contribution in [1.82, 2.24) is 48.0 Å². The Kier molecular flexibility index (Phi) is 6.49. The van der Waals surface area contributed by atoms with Crippen LogP contribution in [0.3, 0.4) is 0 Å². The third-order valence-electron chi connectivity index (χ3n) is 6.75. The molecule has 0 aromatic carbocycles. The van der Waals surface area contributed by atoms with Crippen LogP contribution in [0.25, 0.3) is 21.3 Å². The average Bonchev–Trinajstić information content (AvgIpc) is 3.67. The van der Waals surface area contributed by atoms with Crippen LogP contribution in [0.4, 0.5) is 0 Å². The number of hydrazine groups is 1. The summed E-state index contributed by atoms with van der Waals surface area (Å²) >= 11 is 1.11. The molecule has 0 radical (unpaired) electrons. The van der Waals surface area contributed by atoms with Crippen molar-refractivity contribution in [3.63, 3.8) is 0 Å². The second-order valence-electron chi connectivity index (χ2n) is 9.82. The molecule has 0 saturated heterocycles. The Balaban J connectivity index is 1.57. The summed E-state index contributed by atoms with van der Waals surface area (Å²) in [5.74, 6) is 0. The lowest BCUT2D eigenvalue weighted by molar-refractivity contribution is 0.0969. The van der Waals surface area contributed by atoms with E-state index in [0.717, 1.165) is 28.7 Å². The zero-order valence-corrected chi connectivity index (χ0v) is 24.8. The topological polar surface area (TPSA) is 190 Å². The van der Waals surface area contributed by atoms with Gasteiger partial charge in [-0.25, -0.2) is 27.8 Å². The van der Waals surface area contributed by atoms with Gasteiger partial charge >= 0.3 is 10.2 Å². The van der Waals surface area contributed by atoms with Crippen molar-refractivity contribution < 1.29 is 21.9 Å². The number of hydrogen-bond acceptors (Lipinski definition) is 12. The van der Waals surface area contributed by atoms with Crippen LogP contribution < -0.4 is 16.4 Å². The van der Waals surface area contributed by atoms with E-state index in [9.17, 15) is 26.7 Å². The lowest BCUT2D eigenvalue weighted by Gasteiger charge is -2.30. The largest absolute Gasteiger partial charge is 0.376 e. The molecule has 16 nitrogen and oxygen atoms in total. The molecule has 0 bridgehead atoms. The maximum atomic E-state index is 13.6. The van der Waals surface area contributed by atoms with Gasteiger partial charge in [0.15, 0.2) is 16.1 Å². The first-order valence-corrected chi connectivity index (χ1v) is 15.4. The minimum absolute atomic E-state index is 0.0693. The third-order valence-corrected chi connectivity index (χ3v) is 11.9. The minimum Gasteiger partial charge on any atom is -0.376 e. The van der Waals surface area contributed by atoms with Gasteiger partial charge in [-0.2, -0.15) is 27.0 Å². The lowest BCUT2D eigenvalue weighted by atomic mass is 10.0. The van der Waals surface area contributed by atoms with E-state index < -0.39 is 36.3 Å². The van der Waals surface area contributed by atoms with E-state index in [1.807, 2.05) is 0 Å². The first-order chi connectivity index (χ1) is 18.5. The van der Waals surface area contributed by atoms with Gasteiger partial charge in [-0.3, -0.25) is 4.79 Å². The number of nitrogens with one attached hydrogen (secondary N) is 2. The molecule has 5 heterocycles. The predicted molar refractivity (Wildman–Crippen MR) is 148 cm³/mol. The number of aliphatic hydroxyl groups is 1. The van der Waals surface area contributed by atoms with Crippen LogP contribution in [-0.4, -0.2) is 92.1 Å². The molecule has 1 aliphatic rings. The number of hydrogen-bond donors (Lipinski definition) is 3. The van der Waals surface area contributed by atoms with Crippen LogP contribution in [0.2, 0.25) is 0 Å². The summed E-state index contributed by atoms with van der Waals surface area (Å²) in [6.45, 7) is 1.14. The number of fused-ring (bicyclic) bond motifs is 3. The van der Waals surface area contributed by atoms with Crippen LogP contribution in [0.15, 0.2) is 35.5 Å². The van der Waals surface area contributed by atoms with Gasteiger partial charge in [-0.05, 0) is 19.1 Å². The fourth-order valence-electron chi connectivity index (χ4n) is 4.34. The van der Waals surface area contributed by atoms with Crippen molar-refractivity contribution in [3.8, 4) is 0 Å². The van der Waals surface area contributed by atoms with E-state index >= 15 is 0 Å². The molecular formula is C21H28N10O6S3. The van der Waals surface area contributed by atoms with E-state index in [1.165, 1.54) is 65.9 Å². The van der Waals surface area contributed by atoms with Gasteiger partial charge in [-0.15, -0.1) is 11.3 Å². The molecular weight excluding hydrogens is 584 g/mol. The van der Waals surface area contributed by atoms with E-state index in [0.29, 0.717) is 15.7 Å². The third kappa shape index (κ3) is 3.99. The molecule has 216 valence electrons. The smallest absolute Gasteiger partial charge is 0.322 e. The van der Waals surface area contributed by atoms with Crippen LogP contribution >= 0.6 is 11.3 Å². The number of nitrogens with zero attached hydrogens (tertiary/aromatic N) is 8. The second-order valence-corrected chi connectivity index (χ2v) is 15.2. The van der Waals surface area contributed by atoms with Crippen molar-refractivity contribution in [2.75, 3.05) is 28.2 Å². The zero-order valence-electron chi connectivity index (χ0n) is 22.4. The summed E-state index contributed by atoms with van der Waals surface area (Å²) in [5, 5.41) is 20.4. The SMILES string of the molecule is CN(C)S(=O)(=O)n1ccc(C(C)(O)c2nc3c(s2)c2cnn(CC4(S(=O)(=O)N(C)C)C=CNN4)c(=O)c2n3C)n1. The summed E-state index contributed by atoms with van der Waals surface area (Å²) < 4.78 is 57.0. The molecule has 4 aromatic rings. The Morgan fingerprint density at radius 2 is 1.88 bits per heavy atom. The van der Waals surface area contributed by atoms with E-state index in [4.69, 9.17) is 0 Å². The molecule has 2 unspecified atom stereocenters. The molecule has 2 atom stereocenters. The number of aromatic nitrogens is 6. The van der Waals surface area contributed by atoms with E-state index in [1.54, 1.807) is 11.6 Å². The summed E-state index contributed by atoms with van der Waals surface area (Å²) in [7, 11) is -0.610. The van der Waals surface area contributed by atoms with Crippen molar-refractivity contribution >= 4 is 52.8 Å². The highest BCUT2D eigenvalue weighted by Gasteiger charge is 2.46. The maximum Gasteiger partial charge on any atom is 0.322 e.